The Morgan fingerprint density at radius 1 is 0.786 bits per heavy atom. The van der Waals surface area contributed by atoms with E-state index in [4.69, 9.17) is 9.47 Å². The lowest BCUT2D eigenvalue weighted by Crippen LogP contribution is -2.19. The molecule has 0 bridgehead atoms. The average Bonchev–Trinajstić information content (AvgIpc) is 3.16. The van der Waals surface area contributed by atoms with Crippen LogP contribution in [0.5, 0.6) is 11.5 Å². The lowest BCUT2D eigenvalue weighted by atomic mass is 10.1. The number of fused-ring (bicyclic) bond motifs is 1. The molecule has 0 saturated heterocycles. The number of rotatable bonds is 4. The number of hydrogen-bond acceptors (Lipinski definition) is 4. The summed E-state index contributed by atoms with van der Waals surface area (Å²) in [6.07, 6.45) is 0. The van der Waals surface area contributed by atoms with Crippen LogP contribution in [-0.4, -0.2) is 18.6 Å². The standard InChI is InChI=1S/C21H15FN2O4/c22-16-7-3-1-5-14(16)20(25)24-17-8-4-2-6-15(17)21(26)23-13-9-10-18-19(11-13)28-12-27-18/h1-11H,12H2,(H,23,26)(H,24,25). The zero-order valence-corrected chi connectivity index (χ0v) is 14.6. The summed E-state index contributed by atoms with van der Waals surface area (Å²) in [5, 5.41) is 5.34. The molecule has 0 atom stereocenters. The first kappa shape index (κ1) is 17.5. The van der Waals surface area contributed by atoms with Gasteiger partial charge in [0.2, 0.25) is 6.79 Å². The van der Waals surface area contributed by atoms with Gasteiger partial charge in [0.1, 0.15) is 5.82 Å². The predicted octanol–water partition coefficient (Wildman–Crippen LogP) is 4.06. The zero-order chi connectivity index (χ0) is 19.5. The van der Waals surface area contributed by atoms with E-state index in [2.05, 4.69) is 10.6 Å². The van der Waals surface area contributed by atoms with E-state index in [0.29, 0.717) is 17.2 Å². The predicted molar refractivity (Wildman–Crippen MR) is 101 cm³/mol. The summed E-state index contributed by atoms with van der Waals surface area (Å²) in [6.45, 7) is 0.137. The maximum Gasteiger partial charge on any atom is 0.258 e. The summed E-state index contributed by atoms with van der Waals surface area (Å²) in [5.41, 5.74) is 0.928. The van der Waals surface area contributed by atoms with E-state index < -0.39 is 17.6 Å². The molecule has 0 fully saturated rings. The van der Waals surface area contributed by atoms with E-state index in [1.165, 1.54) is 18.2 Å². The molecule has 0 aliphatic carbocycles. The van der Waals surface area contributed by atoms with E-state index >= 15 is 0 Å². The topological polar surface area (TPSA) is 76.7 Å². The molecule has 1 aliphatic rings. The molecule has 2 amide bonds. The van der Waals surface area contributed by atoms with Crippen molar-refractivity contribution in [3.05, 3.63) is 83.7 Å². The highest BCUT2D eigenvalue weighted by Crippen LogP contribution is 2.34. The first-order valence-electron chi connectivity index (χ1n) is 8.48. The Morgan fingerprint density at radius 2 is 1.46 bits per heavy atom. The van der Waals surface area contributed by atoms with Gasteiger partial charge in [0.05, 0.1) is 16.8 Å². The number of nitrogens with one attached hydrogen (secondary N) is 2. The second kappa shape index (κ2) is 7.40. The molecule has 140 valence electrons. The van der Waals surface area contributed by atoms with Crippen LogP contribution in [0.25, 0.3) is 0 Å². The molecule has 2 N–H and O–H groups in total. The van der Waals surface area contributed by atoms with Crippen molar-refractivity contribution in [1.29, 1.82) is 0 Å². The number of para-hydroxylation sites is 1. The van der Waals surface area contributed by atoms with Crippen LogP contribution in [-0.2, 0) is 0 Å². The molecule has 0 radical (unpaired) electrons. The maximum absolute atomic E-state index is 13.8. The second-order valence-electron chi connectivity index (χ2n) is 6.00. The monoisotopic (exact) mass is 378 g/mol. The van der Waals surface area contributed by atoms with Crippen LogP contribution in [0.1, 0.15) is 20.7 Å². The highest BCUT2D eigenvalue weighted by atomic mass is 19.1. The van der Waals surface area contributed by atoms with Crippen molar-refractivity contribution in [2.24, 2.45) is 0 Å². The Labute approximate surface area is 159 Å². The van der Waals surface area contributed by atoms with Crippen molar-refractivity contribution in [3.8, 4) is 11.5 Å². The fourth-order valence-corrected chi connectivity index (χ4v) is 2.80. The van der Waals surface area contributed by atoms with Crippen molar-refractivity contribution in [3.63, 3.8) is 0 Å². The number of carbonyl (C=O) groups is 2. The van der Waals surface area contributed by atoms with E-state index in [9.17, 15) is 14.0 Å². The number of benzene rings is 3. The van der Waals surface area contributed by atoms with Gasteiger partial charge in [-0.1, -0.05) is 24.3 Å². The largest absolute Gasteiger partial charge is 0.454 e. The minimum Gasteiger partial charge on any atom is -0.454 e. The van der Waals surface area contributed by atoms with E-state index in [0.717, 1.165) is 0 Å². The fourth-order valence-electron chi connectivity index (χ4n) is 2.80. The zero-order valence-electron chi connectivity index (χ0n) is 14.6. The highest BCUT2D eigenvalue weighted by Gasteiger charge is 2.18. The Morgan fingerprint density at radius 3 is 2.29 bits per heavy atom. The number of amides is 2. The lowest BCUT2D eigenvalue weighted by Gasteiger charge is -2.12. The Balaban J connectivity index is 1.55. The number of ether oxygens (including phenoxy) is 2. The van der Waals surface area contributed by atoms with E-state index in [1.807, 2.05) is 0 Å². The van der Waals surface area contributed by atoms with Crippen LogP contribution in [0.2, 0.25) is 0 Å². The fraction of sp³-hybridized carbons (Fsp3) is 0.0476. The van der Waals surface area contributed by atoms with Gasteiger partial charge in [-0.05, 0) is 36.4 Å². The van der Waals surface area contributed by atoms with Crippen LogP contribution >= 0.6 is 0 Å². The molecular weight excluding hydrogens is 363 g/mol. The van der Waals surface area contributed by atoms with Crippen LogP contribution in [0.4, 0.5) is 15.8 Å². The molecule has 0 spiro atoms. The van der Waals surface area contributed by atoms with Gasteiger partial charge in [0.15, 0.2) is 11.5 Å². The normalized spacial score (nSPS) is 11.8. The summed E-state index contributed by atoms with van der Waals surface area (Å²) in [6, 6.07) is 17.2. The first-order valence-corrected chi connectivity index (χ1v) is 8.48. The third-order valence-corrected chi connectivity index (χ3v) is 4.17. The summed E-state index contributed by atoms with van der Waals surface area (Å²) >= 11 is 0. The SMILES string of the molecule is O=C(Nc1ccccc1C(=O)Nc1ccc2c(c1)OCO2)c1ccccc1F. The van der Waals surface area contributed by atoms with Gasteiger partial charge in [-0.3, -0.25) is 9.59 Å². The van der Waals surface area contributed by atoms with Crippen molar-refractivity contribution in [2.75, 3.05) is 17.4 Å². The van der Waals surface area contributed by atoms with Gasteiger partial charge < -0.3 is 20.1 Å². The molecule has 7 heteroatoms. The Bertz CT molecular complexity index is 1070. The summed E-state index contributed by atoms with van der Waals surface area (Å²) in [4.78, 5) is 25.1. The number of hydrogen-bond donors (Lipinski definition) is 2. The molecular formula is C21H15FN2O4. The van der Waals surface area contributed by atoms with Crippen LogP contribution < -0.4 is 20.1 Å². The molecule has 6 nitrogen and oxygen atoms in total. The number of anilines is 2. The van der Waals surface area contributed by atoms with Crippen molar-refractivity contribution >= 4 is 23.2 Å². The molecule has 28 heavy (non-hydrogen) atoms. The first-order chi connectivity index (χ1) is 13.6. The minimum atomic E-state index is -0.638. The third kappa shape index (κ3) is 3.50. The third-order valence-electron chi connectivity index (χ3n) is 4.17. The van der Waals surface area contributed by atoms with Gasteiger partial charge in [-0.25, -0.2) is 4.39 Å². The minimum absolute atomic E-state index is 0.103. The maximum atomic E-state index is 13.8. The quantitative estimate of drug-likeness (QED) is 0.718. The molecule has 0 aromatic heterocycles. The second-order valence-corrected chi connectivity index (χ2v) is 6.00. The molecule has 0 saturated carbocycles. The summed E-state index contributed by atoms with van der Waals surface area (Å²) < 4.78 is 24.4. The van der Waals surface area contributed by atoms with Crippen LogP contribution in [0, 0.1) is 5.82 Å². The van der Waals surface area contributed by atoms with E-state index in [1.54, 1.807) is 48.5 Å². The van der Waals surface area contributed by atoms with Crippen molar-refractivity contribution in [1.82, 2.24) is 0 Å². The Kier molecular flexibility index (Phi) is 4.63. The van der Waals surface area contributed by atoms with Gasteiger partial charge in [0.25, 0.3) is 11.8 Å². The van der Waals surface area contributed by atoms with Crippen LogP contribution in [0.15, 0.2) is 66.7 Å². The average molecular weight is 378 g/mol. The van der Waals surface area contributed by atoms with Crippen molar-refractivity contribution in [2.45, 2.75) is 0 Å². The lowest BCUT2D eigenvalue weighted by molar-refractivity contribution is 0.102. The molecule has 3 aromatic carbocycles. The molecule has 4 rings (SSSR count). The Hall–Kier alpha value is -3.87. The van der Waals surface area contributed by atoms with Gasteiger partial charge in [-0.2, -0.15) is 0 Å². The molecule has 3 aromatic rings. The van der Waals surface area contributed by atoms with Gasteiger partial charge >= 0.3 is 0 Å². The summed E-state index contributed by atoms with van der Waals surface area (Å²) in [7, 11) is 0. The number of halogens is 1. The van der Waals surface area contributed by atoms with Crippen LogP contribution in [0.3, 0.4) is 0 Å². The molecule has 1 heterocycles. The summed E-state index contributed by atoms with van der Waals surface area (Å²) in [5.74, 6) is -0.554. The van der Waals surface area contributed by atoms with Crippen molar-refractivity contribution < 1.29 is 23.5 Å². The van der Waals surface area contributed by atoms with E-state index in [-0.39, 0.29) is 23.6 Å². The number of carbonyl (C=O) groups excluding carboxylic acids is 2. The van der Waals surface area contributed by atoms with Gasteiger partial charge in [0, 0.05) is 11.8 Å². The highest BCUT2D eigenvalue weighted by molar-refractivity contribution is 6.12. The van der Waals surface area contributed by atoms with Gasteiger partial charge in [-0.15, -0.1) is 0 Å². The molecule has 1 aliphatic heterocycles. The molecule has 0 unspecified atom stereocenters. The smallest absolute Gasteiger partial charge is 0.258 e.